The molecule has 0 saturated heterocycles. The summed E-state index contributed by atoms with van der Waals surface area (Å²) in [5.41, 5.74) is 4.11. The molecule has 0 aromatic carbocycles. The first kappa shape index (κ1) is 25.6. The van der Waals surface area contributed by atoms with E-state index >= 15 is 0 Å². The van der Waals surface area contributed by atoms with E-state index in [1.807, 2.05) is 6.92 Å². The number of amides is 1. The van der Waals surface area contributed by atoms with Crippen LogP contribution < -0.4 is 5.32 Å². The highest BCUT2D eigenvalue weighted by Crippen LogP contribution is 2.13. The Morgan fingerprint density at radius 2 is 1.48 bits per heavy atom. The quantitative estimate of drug-likeness (QED) is 0.343. The molecule has 6 heteroatoms. The van der Waals surface area contributed by atoms with Crippen LogP contribution in [-0.4, -0.2) is 31.2 Å². The first-order valence-corrected chi connectivity index (χ1v) is 11.3. The van der Waals surface area contributed by atoms with E-state index in [0.717, 1.165) is 32.1 Å². The second-order valence-corrected chi connectivity index (χ2v) is 9.09. The molecule has 1 amide bonds. The number of carbonyl (C=O) groups excluding carboxylic acids is 1. The van der Waals surface area contributed by atoms with E-state index in [2.05, 4.69) is 51.2 Å². The maximum Gasteiger partial charge on any atom is 0.266 e. The van der Waals surface area contributed by atoms with Crippen molar-refractivity contribution in [1.29, 1.82) is 0 Å². The second-order valence-electron chi connectivity index (χ2n) is 7.52. The second kappa shape index (κ2) is 13.7. The SMILES string of the molecule is CC(C)=CCC/C(C)=C\CC/C(C)=C\CCC(C)C(=O)NCCS(=O)(=O)O. The largest absolute Gasteiger partial charge is 0.355 e. The molecule has 0 radical (unpaired) electrons. The summed E-state index contributed by atoms with van der Waals surface area (Å²) in [5, 5.41) is 2.54. The van der Waals surface area contributed by atoms with Gasteiger partial charge in [-0.25, -0.2) is 0 Å². The summed E-state index contributed by atoms with van der Waals surface area (Å²) in [6.07, 6.45) is 12.6. The van der Waals surface area contributed by atoms with E-state index in [4.69, 9.17) is 4.55 Å². The molecule has 0 aliphatic heterocycles. The maximum atomic E-state index is 11.9. The number of carbonyl (C=O) groups is 1. The molecule has 2 N–H and O–H groups in total. The lowest BCUT2D eigenvalue weighted by Crippen LogP contribution is -2.33. The monoisotopic (exact) mass is 399 g/mol. The zero-order valence-electron chi connectivity index (χ0n) is 17.5. The summed E-state index contributed by atoms with van der Waals surface area (Å²) in [7, 11) is -4.03. The molecule has 1 atom stereocenters. The van der Waals surface area contributed by atoms with Crippen molar-refractivity contribution in [3.8, 4) is 0 Å². The Hall–Kier alpha value is -1.40. The van der Waals surface area contributed by atoms with Crippen LogP contribution in [0.4, 0.5) is 0 Å². The van der Waals surface area contributed by atoms with Crippen LogP contribution in [0.1, 0.15) is 73.1 Å². The van der Waals surface area contributed by atoms with Crippen LogP contribution in [0.3, 0.4) is 0 Å². The molecule has 0 fully saturated rings. The van der Waals surface area contributed by atoms with Gasteiger partial charge in [-0.2, -0.15) is 8.42 Å². The number of nitrogens with one attached hydrogen (secondary N) is 1. The molecular formula is C21H37NO4S. The molecule has 0 spiro atoms. The highest BCUT2D eigenvalue weighted by atomic mass is 32.2. The van der Waals surface area contributed by atoms with Crippen molar-refractivity contribution in [2.24, 2.45) is 5.92 Å². The van der Waals surface area contributed by atoms with Gasteiger partial charge in [-0.15, -0.1) is 0 Å². The van der Waals surface area contributed by atoms with Crippen LogP contribution in [0.2, 0.25) is 0 Å². The van der Waals surface area contributed by atoms with Crippen LogP contribution in [0, 0.1) is 5.92 Å². The minimum absolute atomic E-state index is 0.0593. The lowest BCUT2D eigenvalue weighted by Gasteiger charge is -2.10. The van der Waals surface area contributed by atoms with E-state index in [9.17, 15) is 13.2 Å². The number of rotatable bonds is 13. The van der Waals surface area contributed by atoms with Crippen molar-refractivity contribution < 1.29 is 17.8 Å². The number of hydrogen-bond donors (Lipinski definition) is 2. The first-order chi connectivity index (χ1) is 12.5. The van der Waals surface area contributed by atoms with Gasteiger partial charge in [-0.1, -0.05) is 41.9 Å². The Bertz CT molecular complexity index is 641. The lowest BCUT2D eigenvalue weighted by atomic mass is 10.0. The van der Waals surface area contributed by atoms with Crippen LogP contribution in [0.15, 0.2) is 34.9 Å². The first-order valence-electron chi connectivity index (χ1n) is 9.68. The van der Waals surface area contributed by atoms with Crippen molar-refractivity contribution >= 4 is 16.0 Å². The zero-order chi connectivity index (χ0) is 20.9. The molecule has 5 nitrogen and oxygen atoms in total. The molecule has 0 bridgehead atoms. The van der Waals surface area contributed by atoms with E-state index in [0.29, 0.717) is 6.42 Å². The Kier molecular flexibility index (Phi) is 13.0. The average Bonchev–Trinajstić information content (AvgIpc) is 2.53. The fourth-order valence-electron chi connectivity index (χ4n) is 2.53. The van der Waals surface area contributed by atoms with Gasteiger partial charge in [-0.05, 0) is 66.2 Å². The normalized spacial score (nSPS) is 14.0. The van der Waals surface area contributed by atoms with Crippen LogP contribution in [0.5, 0.6) is 0 Å². The number of allylic oxidation sites excluding steroid dienone is 6. The van der Waals surface area contributed by atoms with Crippen molar-refractivity contribution in [2.45, 2.75) is 73.1 Å². The molecule has 27 heavy (non-hydrogen) atoms. The third-order valence-corrected chi connectivity index (χ3v) is 5.04. The molecule has 0 aromatic rings. The third-order valence-electron chi connectivity index (χ3n) is 4.32. The minimum Gasteiger partial charge on any atom is -0.355 e. The fourth-order valence-corrected chi connectivity index (χ4v) is 2.89. The van der Waals surface area contributed by atoms with E-state index in [-0.39, 0.29) is 18.4 Å². The fraction of sp³-hybridized carbons (Fsp3) is 0.667. The Balaban J connectivity index is 4.06. The molecule has 156 valence electrons. The molecular weight excluding hydrogens is 362 g/mol. The molecule has 0 aliphatic carbocycles. The smallest absolute Gasteiger partial charge is 0.266 e. The van der Waals surface area contributed by atoms with Crippen molar-refractivity contribution in [2.75, 3.05) is 12.3 Å². The van der Waals surface area contributed by atoms with Gasteiger partial charge in [0, 0.05) is 12.5 Å². The minimum atomic E-state index is -4.03. The van der Waals surface area contributed by atoms with Gasteiger partial charge in [0.05, 0.1) is 5.75 Å². The summed E-state index contributed by atoms with van der Waals surface area (Å²) < 4.78 is 29.9. The highest BCUT2D eigenvalue weighted by molar-refractivity contribution is 7.85. The molecule has 1 unspecified atom stereocenters. The Morgan fingerprint density at radius 3 is 2.00 bits per heavy atom. The standard InChI is InChI=1S/C21H37NO4S/c1-17(2)9-6-10-18(3)11-7-12-19(4)13-8-14-20(5)21(23)22-15-16-27(24,25)26/h9,11,13,20H,6-8,10,12,14-16H2,1-5H3,(H,22,23)(H,24,25,26)/b18-11-,19-13-. The van der Waals surface area contributed by atoms with E-state index in [1.165, 1.54) is 16.7 Å². The molecule has 0 heterocycles. The Morgan fingerprint density at radius 1 is 0.963 bits per heavy atom. The summed E-state index contributed by atoms with van der Waals surface area (Å²) in [5.74, 6) is -0.821. The van der Waals surface area contributed by atoms with Gasteiger partial charge in [0.25, 0.3) is 10.1 Å². The van der Waals surface area contributed by atoms with Gasteiger partial charge in [0.15, 0.2) is 0 Å². The number of hydrogen-bond acceptors (Lipinski definition) is 3. The topological polar surface area (TPSA) is 83.5 Å². The molecule has 0 aromatic heterocycles. The zero-order valence-corrected chi connectivity index (χ0v) is 18.4. The van der Waals surface area contributed by atoms with Gasteiger partial charge in [0.1, 0.15) is 0 Å². The summed E-state index contributed by atoms with van der Waals surface area (Å²) >= 11 is 0. The van der Waals surface area contributed by atoms with Crippen LogP contribution in [-0.2, 0) is 14.9 Å². The van der Waals surface area contributed by atoms with Gasteiger partial charge >= 0.3 is 0 Å². The van der Waals surface area contributed by atoms with Gasteiger partial charge in [0.2, 0.25) is 5.91 Å². The molecule has 0 saturated carbocycles. The Labute approximate surface area is 165 Å². The lowest BCUT2D eigenvalue weighted by molar-refractivity contribution is -0.124. The van der Waals surface area contributed by atoms with Gasteiger partial charge in [-0.3, -0.25) is 9.35 Å². The van der Waals surface area contributed by atoms with Crippen LogP contribution >= 0.6 is 0 Å². The van der Waals surface area contributed by atoms with Crippen LogP contribution in [0.25, 0.3) is 0 Å². The van der Waals surface area contributed by atoms with E-state index in [1.54, 1.807) is 0 Å². The highest BCUT2D eigenvalue weighted by Gasteiger charge is 2.12. The summed E-state index contributed by atoms with van der Waals surface area (Å²) in [6.45, 7) is 10.3. The maximum absolute atomic E-state index is 11.9. The van der Waals surface area contributed by atoms with Crippen molar-refractivity contribution in [3.63, 3.8) is 0 Å². The van der Waals surface area contributed by atoms with Crippen molar-refractivity contribution in [3.05, 3.63) is 34.9 Å². The summed E-state index contributed by atoms with van der Waals surface area (Å²) in [6, 6.07) is 0. The van der Waals surface area contributed by atoms with Crippen molar-refractivity contribution in [1.82, 2.24) is 5.32 Å². The average molecular weight is 400 g/mol. The van der Waals surface area contributed by atoms with E-state index < -0.39 is 15.9 Å². The third kappa shape index (κ3) is 16.5. The molecule has 0 aliphatic rings. The van der Waals surface area contributed by atoms with Gasteiger partial charge < -0.3 is 5.32 Å². The predicted molar refractivity (Wildman–Crippen MR) is 113 cm³/mol. The molecule has 0 rings (SSSR count). The predicted octanol–water partition coefficient (Wildman–Crippen LogP) is 4.83. The summed E-state index contributed by atoms with van der Waals surface area (Å²) in [4.78, 5) is 11.9.